The molecule has 2 rings (SSSR count). The number of benzene rings is 1. The standard InChI is InChI=1S/C17H26N2O/c1-3-19(16-6-4-5-14(2)13-16)17(20)8-7-15-9-11-18-12-10-15/h4-6,13,15,18H,3,7-12H2,1-2H3. The molecule has 0 atom stereocenters. The van der Waals surface area contributed by atoms with Crippen LogP contribution in [0.1, 0.15) is 38.2 Å². The molecule has 0 saturated carbocycles. The molecule has 1 aliphatic rings. The summed E-state index contributed by atoms with van der Waals surface area (Å²) in [5, 5.41) is 3.37. The van der Waals surface area contributed by atoms with Crippen molar-refractivity contribution >= 4 is 11.6 Å². The van der Waals surface area contributed by atoms with Crippen LogP contribution in [-0.2, 0) is 4.79 Å². The number of aryl methyl sites for hydroxylation is 1. The lowest BCUT2D eigenvalue weighted by Gasteiger charge is -2.25. The molecule has 1 amide bonds. The second kappa shape index (κ2) is 7.44. The summed E-state index contributed by atoms with van der Waals surface area (Å²) in [6.07, 6.45) is 4.13. The summed E-state index contributed by atoms with van der Waals surface area (Å²) in [4.78, 5) is 14.3. The van der Waals surface area contributed by atoms with Crippen LogP contribution in [0.25, 0.3) is 0 Å². The number of nitrogens with zero attached hydrogens (tertiary/aromatic N) is 1. The third-order valence-corrected chi connectivity index (χ3v) is 4.16. The van der Waals surface area contributed by atoms with Gasteiger partial charge in [0.15, 0.2) is 0 Å². The van der Waals surface area contributed by atoms with Gasteiger partial charge in [0, 0.05) is 18.7 Å². The number of piperidine rings is 1. The van der Waals surface area contributed by atoms with Crippen LogP contribution < -0.4 is 10.2 Å². The van der Waals surface area contributed by atoms with Crippen molar-refractivity contribution in [2.24, 2.45) is 5.92 Å². The zero-order chi connectivity index (χ0) is 14.4. The van der Waals surface area contributed by atoms with Gasteiger partial charge in [-0.15, -0.1) is 0 Å². The third kappa shape index (κ3) is 4.07. The van der Waals surface area contributed by atoms with Crippen LogP contribution in [0, 0.1) is 12.8 Å². The minimum Gasteiger partial charge on any atom is -0.317 e. The van der Waals surface area contributed by atoms with E-state index in [1.165, 1.54) is 18.4 Å². The number of amides is 1. The van der Waals surface area contributed by atoms with E-state index in [4.69, 9.17) is 0 Å². The molecule has 0 spiro atoms. The fraction of sp³-hybridized carbons (Fsp3) is 0.588. The maximum Gasteiger partial charge on any atom is 0.226 e. The van der Waals surface area contributed by atoms with Gasteiger partial charge in [0.1, 0.15) is 0 Å². The molecule has 3 nitrogen and oxygen atoms in total. The molecule has 0 unspecified atom stereocenters. The molecule has 1 saturated heterocycles. The minimum atomic E-state index is 0.261. The first-order valence-corrected chi connectivity index (χ1v) is 7.78. The van der Waals surface area contributed by atoms with Crippen LogP contribution in [0.2, 0.25) is 0 Å². The molecule has 1 N–H and O–H groups in total. The van der Waals surface area contributed by atoms with E-state index in [1.807, 2.05) is 24.0 Å². The maximum absolute atomic E-state index is 12.4. The molecular formula is C17H26N2O. The summed E-state index contributed by atoms with van der Waals surface area (Å²) in [6, 6.07) is 8.20. The summed E-state index contributed by atoms with van der Waals surface area (Å²) in [7, 11) is 0. The maximum atomic E-state index is 12.4. The molecule has 20 heavy (non-hydrogen) atoms. The Morgan fingerprint density at radius 2 is 2.10 bits per heavy atom. The Morgan fingerprint density at radius 3 is 2.75 bits per heavy atom. The predicted molar refractivity (Wildman–Crippen MR) is 84.0 cm³/mol. The van der Waals surface area contributed by atoms with Crippen LogP contribution in [-0.4, -0.2) is 25.5 Å². The van der Waals surface area contributed by atoms with Crippen molar-refractivity contribution < 1.29 is 4.79 Å². The highest BCUT2D eigenvalue weighted by molar-refractivity contribution is 5.93. The zero-order valence-corrected chi connectivity index (χ0v) is 12.7. The summed E-state index contributed by atoms with van der Waals surface area (Å²) in [6.45, 7) is 7.07. The first-order chi connectivity index (χ1) is 9.70. The molecule has 110 valence electrons. The van der Waals surface area contributed by atoms with E-state index in [2.05, 4.69) is 24.4 Å². The molecule has 0 aromatic heterocycles. The Kier molecular flexibility index (Phi) is 5.60. The monoisotopic (exact) mass is 274 g/mol. The second-order valence-electron chi connectivity index (χ2n) is 5.71. The van der Waals surface area contributed by atoms with Crippen molar-refractivity contribution in [1.82, 2.24) is 5.32 Å². The van der Waals surface area contributed by atoms with E-state index in [0.29, 0.717) is 6.42 Å². The molecular weight excluding hydrogens is 248 g/mol. The Hall–Kier alpha value is -1.35. The topological polar surface area (TPSA) is 32.3 Å². The molecule has 0 bridgehead atoms. The number of nitrogens with one attached hydrogen (secondary N) is 1. The van der Waals surface area contributed by atoms with Crippen molar-refractivity contribution in [3.05, 3.63) is 29.8 Å². The smallest absolute Gasteiger partial charge is 0.226 e. The van der Waals surface area contributed by atoms with Crippen LogP contribution in [0.15, 0.2) is 24.3 Å². The lowest BCUT2D eigenvalue weighted by molar-refractivity contribution is -0.118. The number of hydrogen-bond donors (Lipinski definition) is 1. The highest BCUT2D eigenvalue weighted by atomic mass is 16.2. The molecule has 3 heteroatoms. The molecule has 1 fully saturated rings. The number of hydrogen-bond acceptors (Lipinski definition) is 2. The summed E-state index contributed by atoms with van der Waals surface area (Å²) < 4.78 is 0. The van der Waals surface area contributed by atoms with Crippen molar-refractivity contribution in [2.45, 2.75) is 39.5 Å². The van der Waals surface area contributed by atoms with E-state index in [0.717, 1.165) is 37.7 Å². The number of carbonyl (C=O) groups is 1. The summed E-state index contributed by atoms with van der Waals surface area (Å²) >= 11 is 0. The molecule has 1 aliphatic heterocycles. The molecule has 0 aliphatic carbocycles. The van der Waals surface area contributed by atoms with E-state index < -0.39 is 0 Å². The Labute approximate surface area is 122 Å². The van der Waals surface area contributed by atoms with E-state index in [-0.39, 0.29) is 5.91 Å². The summed E-state index contributed by atoms with van der Waals surface area (Å²) in [5.41, 5.74) is 2.23. The average Bonchev–Trinajstić information content (AvgIpc) is 2.47. The molecule has 1 aromatic carbocycles. The lowest BCUT2D eigenvalue weighted by Crippen LogP contribution is -2.32. The van der Waals surface area contributed by atoms with Crippen LogP contribution >= 0.6 is 0 Å². The summed E-state index contributed by atoms with van der Waals surface area (Å²) in [5.74, 6) is 0.980. The van der Waals surface area contributed by atoms with Gasteiger partial charge < -0.3 is 10.2 Å². The number of carbonyl (C=O) groups excluding carboxylic acids is 1. The Balaban J connectivity index is 1.91. The van der Waals surface area contributed by atoms with E-state index in [9.17, 15) is 4.79 Å². The minimum absolute atomic E-state index is 0.261. The van der Waals surface area contributed by atoms with E-state index in [1.54, 1.807) is 0 Å². The van der Waals surface area contributed by atoms with Crippen LogP contribution in [0.4, 0.5) is 5.69 Å². The Morgan fingerprint density at radius 1 is 1.35 bits per heavy atom. The van der Waals surface area contributed by atoms with Gasteiger partial charge >= 0.3 is 0 Å². The fourth-order valence-electron chi connectivity index (χ4n) is 2.93. The van der Waals surface area contributed by atoms with Gasteiger partial charge in [-0.1, -0.05) is 12.1 Å². The fourth-order valence-corrected chi connectivity index (χ4v) is 2.93. The highest BCUT2D eigenvalue weighted by Gasteiger charge is 2.18. The van der Waals surface area contributed by atoms with Gasteiger partial charge in [0.25, 0.3) is 0 Å². The van der Waals surface area contributed by atoms with Crippen molar-refractivity contribution in [1.29, 1.82) is 0 Å². The van der Waals surface area contributed by atoms with Crippen molar-refractivity contribution in [2.75, 3.05) is 24.5 Å². The third-order valence-electron chi connectivity index (χ3n) is 4.16. The lowest BCUT2D eigenvalue weighted by atomic mass is 9.93. The van der Waals surface area contributed by atoms with Gasteiger partial charge in [-0.05, 0) is 69.8 Å². The largest absolute Gasteiger partial charge is 0.317 e. The SMILES string of the molecule is CCN(C(=O)CCC1CCNCC1)c1cccc(C)c1. The van der Waals surface area contributed by atoms with Gasteiger partial charge in [-0.2, -0.15) is 0 Å². The quantitative estimate of drug-likeness (QED) is 0.894. The molecule has 0 radical (unpaired) electrons. The van der Waals surface area contributed by atoms with Crippen LogP contribution in [0.5, 0.6) is 0 Å². The van der Waals surface area contributed by atoms with E-state index >= 15 is 0 Å². The predicted octanol–water partition coefficient (Wildman–Crippen LogP) is 3.13. The highest BCUT2D eigenvalue weighted by Crippen LogP contribution is 2.21. The van der Waals surface area contributed by atoms with Crippen molar-refractivity contribution in [3.8, 4) is 0 Å². The van der Waals surface area contributed by atoms with Crippen molar-refractivity contribution in [3.63, 3.8) is 0 Å². The van der Waals surface area contributed by atoms with Gasteiger partial charge in [-0.25, -0.2) is 0 Å². The van der Waals surface area contributed by atoms with Crippen LogP contribution in [0.3, 0.4) is 0 Å². The number of rotatable bonds is 5. The zero-order valence-electron chi connectivity index (χ0n) is 12.7. The number of anilines is 1. The first kappa shape index (κ1) is 15.0. The van der Waals surface area contributed by atoms with Gasteiger partial charge in [0.2, 0.25) is 5.91 Å². The molecule has 1 aromatic rings. The normalized spacial score (nSPS) is 16.1. The van der Waals surface area contributed by atoms with Gasteiger partial charge in [-0.3, -0.25) is 4.79 Å². The molecule has 1 heterocycles. The second-order valence-corrected chi connectivity index (χ2v) is 5.71. The van der Waals surface area contributed by atoms with Gasteiger partial charge in [0.05, 0.1) is 0 Å². The average molecular weight is 274 g/mol. The Bertz CT molecular complexity index is 438. The first-order valence-electron chi connectivity index (χ1n) is 7.78.